The lowest BCUT2D eigenvalue weighted by Crippen LogP contribution is -2.48. The predicted molar refractivity (Wildman–Crippen MR) is 88.6 cm³/mol. The number of azo groups is 1. The molecule has 0 aromatic carbocycles. The highest BCUT2D eigenvalue weighted by molar-refractivity contribution is 6.78. The molecule has 0 atom stereocenters. The van der Waals surface area contributed by atoms with Crippen LogP contribution in [0, 0.1) is 5.92 Å². The van der Waals surface area contributed by atoms with Gasteiger partial charge in [-0.1, -0.05) is 65.6 Å². The molecular weight excluding hydrogens is 300 g/mol. The second kappa shape index (κ2) is 9.02. The van der Waals surface area contributed by atoms with Gasteiger partial charge in [0.05, 0.1) is 6.61 Å². The average molecular weight is 331 g/mol. The van der Waals surface area contributed by atoms with Crippen LogP contribution in [-0.2, 0) is 9.16 Å². The Balaban J connectivity index is 4.88. The van der Waals surface area contributed by atoms with Gasteiger partial charge in [-0.2, -0.15) is 0 Å². The zero-order chi connectivity index (χ0) is 17.5. The van der Waals surface area contributed by atoms with Crippen molar-refractivity contribution in [2.75, 3.05) is 6.61 Å². The Labute approximate surface area is 134 Å². The van der Waals surface area contributed by atoms with Crippen LogP contribution in [0.15, 0.2) is 10.2 Å². The highest BCUT2D eigenvalue weighted by atomic mass is 28.4. The molecule has 0 saturated carbocycles. The third kappa shape index (κ3) is 5.86. The Morgan fingerprint density at radius 3 is 1.59 bits per heavy atom. The summed E-state index contributed by atoms with van der Waals surface area (Å²) < 4.78 is 10.6. The average Bonchev–Trinajstić information content (AvgIpc) is 2.38. The first-order valence-corrected chi connectivity index (χ1v) is 9.99. The van der Waals surface area contributed by atoms with E-state index in [-0.39, 0.29) is 29.1 Å². The molecule has 0 bridgehead atoms. The van der Waals surface area contributed by atoms with Gasteiger partial charge in [0.2, 0.25) is 0 Å². The van der Waals surface area contributed by atoms with Gasteiger partial charge in [0.15, 0.2) is 0 Å². The van der Waals surface area contributed by atoms with Crippen LogP contribution in [-0.4, -0.2) is 27.1 Å². The van der Waals surface area contributed by atoms with Crippen molar-refractivity contribution in [3.05, 3.63) is 0 Å². The van der Waals surface area contributed by atoms with Crippen molar-refractivity contribution in [3.8, 4) is 0 Å². The number of hydrogen-bond donors (Lipinski definition) is 0. The fourth-order valence-electron chi connectivity index (χ4n) is 2.87. The van der Waals surface area contributed by atoms with Gasteiger partial charge in [0.1, 0.15) is 0 Å². The predicted octanol–water partition coefficient (Wildman–Crippen LogP) is 5.54. The van der Waals surface area contributed by atoms with Gasteiger partial charge in [0.25, 0.3) is 8.32 Å². The van der Waals surface area contributed by atoms with Crippen LogP contribution < -0.4 is 0 Å². The van der Waals surface area contributed by atoms with Crippen molar-refractivity contribution in [1.82, 2.24) is 0 Å². The molecule has 22 heavy (non-hydrogen) atoms. The molecule has 0 spiro atoms. The van der Waals surface area contributed by atoms with Crippen molar-refractivity contribution in [1.29, 1.82) is 0 Å². The van der Waals surface area contributed by atoms with E-state index in [2.05, 4.69) is 51.8 Å². The summed E-state index contributed by atoms with van der Waals surface area (Å²) in [6, 6.07) is 0. The van der Waals surface area contributed by atoms with Gasteiger partial charge in [-0.3, -0.25) is 0 Å². The third-order valence-corrected chi connectivity index (χ3v) is 9.67. The van der Waals surface area contributed by atoms with E-state index in [1.54, 1.807) is 0 Å². The first kappa shape index (κ1) is 20.8. The maximum absolute atomic E-state index is 12.0. The van der Waals surface area contributed by atoms with E-state index in [1.807, 2.05) is 13.8 Å². The van der Waals surface area contributed by atoms with Gasteiger partial charge < -0.3 is 9.16 Å². The summed E-state index contributed by atoms with van der Waals surface area (Å²) in [6.07, 6.45) is -1.67. The van der Waals surface area contributed by atoms with E-state index in [1.165, 1.54) is 0 Å². The Morgan fingerprint density at radius 2 is 1.23 bits per heavy atom. The zero-order valence-electron chi connectivity index (χ0n) is 15.0. The molecule has 0 aliphatic carbocycles. The van der Waals surface area contributed by atoms with Crippen LogP contribution in [0.25, 0.3) is 0 Å². The zero-order valence-corrected chi connectivity index (χ0v) is 16.0. The number of carbonyl (C=O) groups excluding carboxylic acids is 2. The minimum absolute atomic E-state index is 0.203. The Hall–Kier alpha value is -1.24. The third-order valence-electron chi connectivity index (χ3n) is 3.72. The van der Waals surface area contributed by atoms with Gasteiger partial charge in [-0.25, -0.2) is 9.59 Å². The lowest BCUT2D eigenvalue weighted by atomic mass is 10.2. The van der Waals surface area contributed by atoms with Crippen LogP contribution in [0.2, 0.25) is 16.6 Å². The van der Waals surface area contributed by atoms with E-state index in [0.717, 1.165) is 0 Å². The molecule has 128 valence electrons. The summed E-state index contributed by atoms with van der Waals surface area (Å²) in [4.78, 5) is 23.3. The second-order valence-electron chi connectivity index (χ2n) is 6.86. The molecule has 7 heteroatoms. The van der Waals surface area contributed by atoms with Crippen LogP contribution in [0.3, 0.4) is 0 Å². The summed E-state index contributed by atoms with van der Waals surface area (Å²) >= 11 is 0. The first-order valence-electron chi connectivity index (χ1n) is 7.85. The number of rotatable bonds is 6. The Kier molecular flexibility index (Phi) is 8.51. The van der Waals surface area contributed by atoms with E-state index in [0.29, 0.717) is 0 Å². The van der Waals surface area contributed by atoms with Crippen molar-refractivity contribution in [2.24, 2.45) is 16.1 Å². The van der Waals surface area contributed by atoms with Crippen LogP contribution in [0.1, 0.15) is 55.4 Å². The van der Waals surface area contributed by atoms with Gasteiger partial charge in [-0.05, 0) is 22.5 Å². The normalized spacial score (nSPS) is 12.7. The fourth-order valence-corrected chi connectivity index (χ4v) is 7.92. The molecule has 0 aliphatic rings. The minimum Gasteiger partial charge on any atom is -0.500 e. The number of ether oxygens (including phenoxy) is 1. The topological polar surface area (TPSA) is 77.3 Å². The van der Waals surface area contributed by atoms with E-state index < -0.39 is 20.5 Å². The molecule has 0 aromatic heterocycles. The van der Waals surface area contributed by atoms with Crippen molar-refractivity contribution in [3.63, 3.8) is 0 Å². The summed E-state index contributed by atoms with van der Waals surface area (Å²) in [7, 11) is -2.35. The molecular formula is C15H30N2O4Si. The second-order valence-corrected chi connectivity index (χ2v) is 12.2. The Morgan fingerprint density at radius 1 is 0.818 bits per heavy atom. The lowest BCUT2D eigenvalue weighted by Gasteiger charge is -2.40. The van der Waals surface area contributed by atoms with Crippen molar-refractivity contribution in [2.45, 2.75) is 72.0 Å². The smallest absolute Gasteiger partial charge is 0.452 e. The SMILES string of the molecule is CC(C)COC(=O)/N=N/C(=O)O[Si](C(C)C)(C(C)C)C(C)C. The largest absolute Gasteiger partial charge is 0.500 e. The maximum Gasteiger partial charge on any atom is 0.452 e. The van der Waals surface area contributed by atoms with Crippen LogP contribution in [0.5, 0.6) is 0 Å². The van der Waals surface area contributed by atoms with Crippen LogP contribution >= 0.6 is 0 Å². The van der Waals surface area contributed by atoms with E-state index in [9.17, 15) is 9.59 Å². The number of nitrogens with zero attached hydrogens (tertiary/aromatic N) is 2. The molecule has 0 N–H and O–H groups in total. The standard InChI is InChI=1S/C15H30N2O4Si/c1-10(2)9-20-14(18)16-17-15(19)21-22(11(3)4,12(5)6)13(7)8/h10-13H,9H2,1-8H3/b17-16+. The van der Waals surface area contributed by atoms with Crippen molar-refractivity contribution >= 4 is 20.5 Å². The lowest BCUT2D eigenvalue weighted by molar-refractivity contribution is 0.140. The molecule has 0 saturated heterocycles. The summed E-state index contributed by atoms with van der Waals surface area (Å²) in [5.74, 6) is 0.203. The van der Waals surface area contributed by atoms with E-state index >= 15 is 0 Å². The molecule has 0 aromatic rings. The number of carbonyl (C=O) groups is 2. The van der Waals surface area contributed by atoms with Gasteiger partial charge in [-0.15, -0.1) is 0 Å². The van der Waals surface area contributed by atoms with E-state index in [4.69, 9.17) is 9.16 Å². The minimum atomic E-state index is -2.35. The maximum atomic E-state index is 12.0. The molecule has 0 fully saturated rings. The molecule has 0 aliphatic heterocycles. The quantitative estimate of drug-likeness (QED) is 0.473. The summed E-state index contributed by atoms with van der Waals surface area (Å²) in [6.45, 7) is 16.4. The van der Waals surface area contributed by atoms with Gasteiger partial charge in [0, 0.05) is 0 Å². The first-order chi connectivity index (χ1) is 10.0. The molecule has 0 unspecified atom stereocenters. The molecule has 6 nitrogen and oxygen atoms in total. The molecule has 0 rings (SSSR count). The summed E-state index contributed by atoms with van der Waals surface area (Å²) in [5.41, 5.74) is 0.749. The highest BCUT2D eigenvalue weighted by Gasteiger charge is 2.48. The number of amides is 2. The molecule has 0 radical (unpaired) electrons. The molecule has 0 heterocycles. The monoisotopic (exact) mass is 330 g/mol. The summed E-state index contributed by atoms with van der Waals surface area (Å²) in [5, 5.41) is 6.63. The molecule has 2 amide bonds. The number of hydrogen-bond acceptors (Lipinski definition) is 4. The fraction of sp³-hybridized carbons (Fsp3) is 0.867. The highest BCUT2D eigenvalue weighted by Crippen LogP contribution is 2.42. The van der Waals surface area contributed by atoms with Crippen LogP contribution in [0.4, 0.5) is 9.59 Å². The Bertz CT molecular complexity index is 385. The van der Waals surface area contributed by atoms with Crippen molar-refractivity contribution < 1.29 is 18.8 Å². The van der Waals surface area contributed by atoms with Gasteiger partial charge >= 0.3 is 12.2 Å².